The van der Waals surface area contributed by atoms with Gasteiger partial charge >= 0.3 is 5.97 Å². The Hall–Kier alpha value is -1.09. The molecule has 0 unspecified atom stereocenters. The molecule has 0 N–H and O–H groups in total. The van der Waals surface area contributed by atoms with Crippen molar-refractivity contribution in [2.45, 2.75) is 110 Å². The molecule has 0 aromatic rings. The van der Waals surface area contributed by atoms with Crippen LogP contribution in [0.25, 0.3) is 0 Å². The fraction of sp³-hybridized carbons (Fsp3) is 0.800. The molecule has 0 atom stereocenters. The third-order valence-electron chi connectivity index (χ3n) is 5.03. The van der Waals surface area contributed by atoms with Gasteiger partial charge in [0.05, 0.1) is 25.4 Å². The molecule has 0 aromatic carbocycles. The number of carbonyl (C=O) groups is 1. The summed E-state index contributed by atoms with van der Waals surface area (Å²) < 4.78 is 10.4. The maximum absolute atomic E-state index is 11.7. The van der Waals surface area contributed by atoms with E-state index in [0.717, 1.165) is 12.8 Å². The van der Waals surface area contributed by atoms with Gasteiger partial charge in [0.15, 0.2) is 0 Å². The molecule has 0 aliphatic rings. The first kappa shape index (κ1) is 26.9. The third kappa shape index (κ3) is 19.7. The first-order chi connectivity index (χ1) is 13.7. The smallest absolute Gasteiger partial charge is 0.335 e. The van der Waals surface area contributed by atoms with Crippen molar-refractivity contribution in [1.29, 1.82) is 0 Å². The van der Waals surface area contributed by atoms with Crippen LogP contribution < -0.4 is 0 Å². The Balaban J connectivity index is 3.20. The van der Waals surface area contributed by atoms with Crippen LogP contribution in [0.5, 0.6) is 0 Å². The van der Waals surface area contributed by atoms with Gasteiger partial charge in [-0.2, -0.15) is 0 Å². The van der Waals surface area contributed by atoms with E-state index in [1.807, 2.05) is 0 Å². The summed E-state index contributed by atoms with van der Waals surface area (Å²) in [5.41, 5.74) is 0.373. The lowest BCUT2D eigenvalue weighted by atomic mass is 10.0. The fourth-order valence-electron chi connectivity index (χ4n) is 3.24. The lowest BCUT2D eigenvalue weighted by Gasteiger charge is -2.07. The monoisotopic (exact) mass is 394 g/mol. The van der Waals surface area contributed by atoms with Gasteiger partial charge in [-0.25, -0.2) is 4.79 Å². The highest BCUT2D eigenvalue weighted by molar-refractivity contribution is 5.87. The van der Waals surface area contributed by atoms with Gasteiger partial charge in [0.25, 0.3) is 0 Å². The quantitative estimate of drug-likeness (QED) is 0.0823. The van der Waals surface area contributed by atoms with E-state index < -0.39 is 0 Å². The van der Waals surface area contributed by atoms with Crippen molar-refractivity contribution in [3.63, 3.8) is 0 Å². The van der Waals surface area contributed by atoms with E-state index in [1.165, 1.54) is 89.9 Å². The Morgan fingerprint density at radius 2 is 1.18 bits per heavy atom. The van der Waals surface area contributed by atoms with E-state index in [2.05, 4.69) is 20.1 Å². The lowest BCUT2D eigenvalue weighted by Crippen LogP contribution is -2.12. The second kappa shape index (κ2) is 22.2. The summed E-state index contributed by atoms with van der Waals surface area (Å²) >= 11 is 0. The Morgan fingerprint density at radius 3 is 1.61 bits per heavy atom. The zero-order valence-electron chi connectivity index (χ0n) is 18.7. The molecule has 0 aromatic heterocycles. The Labute approximate surface area is 175 Å². The van der Waals surface area contributed by atoms with E-state index in [0.29, 0.717) is 18.8 Å². The van der Waals surface area contributed by atoms with Crippen LogP contribution in [-0.2, 0) is 14.3 Å². The molecule has 3 heteroatoms. The van der Waals surface area contributed by atoms with Crippen LogP contribution in [-0.4, -0.2) is 25.8 Å². The van der Waals surface area contributed by atoms with Crippen molar-refractivity contribution in [1.82, 2.24) is 0 Å². The zero-order chi connectivity index (χ0) is 20.7. The van der Waals surface area contributed by atoms with Gasteiger partial charge in [-0.3, -0.25) is 0 Å². The molecule has 0 spiro atoms. The molecule has 0 heterocycles. The molecule has 0 saturated heterocycles. The third-order valence-corrected chi connectivity index (χ3v) is 5.03. The summed E-state index contributed by atoms with van der Waals surface area (Å²) in [5, 5.41) is 0. The van der Waals surface area contributed by atoms with Crippen molar-refractivity contribution < 1.29 is 14.3 Å². The molecule has 28 heavy (non-hydrogen) atoms. The molecule has 3 nitrogen and oxygen atoms in total. The standard InChI is InChI=1S/C25H46O3/c1-4-6-7-8-9-10-11-12-13-14-15-16-17-18-19-20-22-28-25(26)24(3)23-27-21-5-2/h5H,2-4,6-23H2,1H3. The molecule has 0 fully saturated rings. The molecule has 164 valence electrons. The molecule has 0 aliphatic carbocycles. The van der Waals surface area contributed by atoms with E-state index in [1.54, 1.807) is 6.08 Å². The Morgan fingerprint density at radius 1 is 0.750 bits per heavy atom. The normalized spacial score (nSPS) is 10.8. The van der Waals surface area contributed by atoms with Crippen LogP contribution in [0.4, 0.5) is 0 Å². The second-order valence-corrected chi connectivity index (χ2v) is 7.85. The number of ether oxygens (including phenoxy) is 2. The van der Waals surface area contributed by atoms with Crippen LogP contribution >= 0.6 is 0 Å². The van der Waals surface area contributed by atoms with Gasteiger partial charge in [-0.05, 0) is 6.42 Å². The summed E-state index contributed by atoms with van der Waals surface area (Å²) in [6.45, 7) is 10.6. The average Bonchev–Trinajstić information content (AvgIpc) is 2.70. The van der Waals surface area contributed by atoms with Gasteiger partial charge in [0, 0.05) is 0 Å². The number of carbonyl (C=O) groups excluding carboxylic acids is 1. The van der Waals surface area contributed by atoms with Crippen LogP contribution in [0.15, 0.2) is 24.8 Å². The minimum atomic E-state index is -0.343. The molecule has 0 saturated carbocycles. The topological polar surface area (TPSA) is 35.5 Å². The van der Waals surface area contributed by atoms with E-state index >= 15 is 0 Å². The first-order valence-corrected chi connectivity index (χ1v) is 11.8. The number of rotatable bonds is 22. The van der Waals surface area contributed by atoms with E-state index in [-0.39, 0.29) is 12.6 Å². The molecular weight excluding hydrogens is 348 g/mol. The number of hydrogen-bond acceptors (Lipinski definition) is 3. The average molecular weight is 395 g/mol. The minimum absolute atomic E-state index is 0.212. The SMILES string of the molecule is C=CCOCC(=C)C(=O)OCCCCCCCCCCCCCCCCCC. The Bertz CT molecular complexity index is 376. The second-order valence-electron chi connectivity index (χ2n) is 7.85. The summed E-state index contributed by atoms with van der Waals surface area (Å²) in [4.78, 5) is 11.7. The number of esters is 1. The van der Waals surface area contributed by atoms with Gasteiger partial charge in [0.1, 0.15) is 0 Å². The predicted molar refractivity (Wildman–Crippen MR) is 121 cm³/mol. The highest BCUT2D eigenvalue weighted by Crippen LogP contribution is 2.13. The largest absolute Gasteiger partial charge is 0.462 e. The van der Waals surface area contributed by atoms with Crippen molar-refractivity contribution in [2.75, 3.05) is 19.8 Å². The molecule has 0 amide bonds. The summed E-state index contributed by atoms with van der Waals surface area (Å²) in [5.74, 6) is -0.343. The van der Waals surface area contributed by atoms with Crippen LogP contribution in [0, 0.1) is 0 Å². The molecule has 0 radical (unpaired) electrons. The van der Waals surface area contributed by atoms with Crippen molar-refractivity contribution in [2.24, 2.45) is 0 Å². The van der Waals surface area contributed by atoms with Gasteiger partial charge in [-0.15, -0.1) is 6.58 Å². The maximum Gasteiger partial charge on any atom is 0.335 e. The highest BCUT2D eigenvalue weighted by Gasteiger charge is 2.07. The molecular formula is C25H46O3. The van der Waals surface area contributed by atoms with Gasteiger partial charge < -0.3 is 9.47 Å². The predicted octanol–water partition coefficient (Wildman–Crippen LogP) is 7.55. The summed E-state index contributed by atoms with van der Waals surface area (Å²) in [7, 11) is 0. The van der Waals surface area contributed by atoms with Gasteiger partial charge in [0.2, 0.25) is 0 Å². The highest BCUT2D eigenvalue weighted by atomic mass is 16.5. The van der Waals surface area contributed by atoms with Gasteiger partial charge in [-0.1, -0.05) is 116 Å². The molecule has 0 aliphatic heterocycles. The number of unbranched alkanes of at least 4 members (excludes halogenated alkanes) is 15. The maximum atomic E-state index is 11.7. The lowest BCUT2D eigenvalue weighted by molar-refractivity contribution is -0.139. The Kier molecular flexibility index (Phi) is 21.3. The molecule has 0 bridgehead atoms. The van der Waals surface area contributed by atoms with Crippen LogP contribution in [0.2, 0.25) is 0 Å². The number of hydrogen-bond donors (Lipinski definition) is 0. The summed E-state index contributed by atoms with van der Waals surface area (Å²) in [6.07, 6.45) is 23.1. The molecule has 0 rings (SSSR count). The summed E-state index contributed by atoms with van der Waals surface area (Å²) in [6, 6.07) is 0. The van der Waals surface area contributed by atoms with Crippen molar-refractivity contribution in [3.05, 3.63) is 24.8 Å². The van der Waals surface area contributed by atoms with E-state index in [9.17, 15) is 4.79 Å². The zero-order valence-corrected chi connectivity index (χ0v) is 18.7. The first-order valence-electron chi connectivity index (χ1n) is 11.8. The minimum Gasteiger partial charge on any atom is -0.462 e. The van der Waals surface area contributed by atoms with E-state index in [4.69, 9.17) is 9.47 Å². The fourth-order valence-corrected chi connectivity index (χ4v) is 3.24. The van der Waals surface area contributed by atoms with Crippen LogP contribution in [0.1, 0.15) is 110 Å². The van der Waals surface area contributed by atoms with Crippen molar-refractivity contribution in [3.8, 4) is 0 Å². The van der Waals surface area contributed by atoms with Crippen LogP contribution in [0.3, 0.4) is 0 Å². The van der Waals surface area contributed by atoms with Crippen molar-refractivity contribution >= 4 is 5.97 Å².